The molecule has 0 aromatic heterocycles. The highest BCUT2D eigenvalue weighted by atomic mass is 35.5. The molecule has 2 heterocycles. The van der Waals surface area contributed by atoms with Crippen LogP contribution in [0, 0.1) is 5.41 Å². The summed E-state index contributed by atoms with van der Waals surface area (Å²) in [5.41, 5.74) is 1.69. The molecule has 0 saturated carbocycles. The van der Waals surface area contributed by atoms with Crippen molar-refractivity contribution < 1.29 is 14.3 Å². The van der Waals surface area contributed by atoms with Crippen LogP contribution in [0.15, 0.2) is 24.3 Å². The van der Waals surface area contributed by atoms with Gasteiger partial charge in [0, 0.05) is 31.2 Å². The fraction of sp³-hybridized carbons (Fsp3) is 0.556. The Morgan fingerprint density at radius 1 is 1.32 bits per heavy atom. The molecule has 138 valence electrons. The van der Waals surface area contributed by atoms with E-state index in [1.165, 1.54) is 0 Å². The van der Waals surface area contributed by atoms with E-state index in [0.29, 0.717) is 25.3 Å². The highest BCUT2D eigenvalue weighted by molar-refractivity contribution is 6.00. The van der Waals surface area contributed by atoms with Crippen molar-refractivity contribution in [3.63, 3.8) is 0 Å². The van der Waals surface area contributed by atoms with Gasteiger partial charge in [0.1, 0.15) is 6.54 Å². The summed E-state index contributed by atoms with van der Waals surface area (Å²) in [6.45, 7) is 3.74. The second-order valence-corrected chi connectivity index (χ2v) is 6.78. The minimum atomic E-state index is -0.106. The van der Waals surface area contributed by atoms with E-state index in [9.17, 15) is 9.59 Å². The van der Waals surface area contributed by atoms with E-state index in [1.54, 1.807) is 12.0 Å². The molecule has 2 N–H and O–H groups in total. The topological polar surface area (TPSA) is 70.7 Å². The average molecular weight is 368 g/mol. The van der Waals surface area contributed by atoms with Crippen LogP contribution in [0.4, 0.5) is 0 Å². The average Bonchev–Trinajstić information content (AvgIpc) is 2.91. The Balaban J connectivity index is 0.00000225. The first-order valence-electron chi connectivity index (χ1n) is 8.47. The number of amides is 2. The van der Waals surface area contributed by atoms with Gasteiger partial charge < -0.3 is 20.3 Å². The Morgan fingerprint density at radius 2 is 2.04 bits per heavy atom. The molecule has 1 saturated heterocycles. The Labute approximate surface area is 154 Å². The summed E-state index contributed by atoms with van der Waals surface area (Å²) in [6, 6.07) is 7.53. The van der Waals surface area contributed by atoms with Crippen LogP contribution in [0.25, 0.3) is 0 Å². The van der Waals surface area contributed by atoms with E-state index in [4.69, 9.17) is 4.74 Å². The van der Waals surface area contributed by atoms with Gasteiger partial charge in [-0.05, 0) is 37.6 Å². The van der Waals surface area contributed by atoms with Gasteiger partial charge in [-0.3, -0.25) is 9.59 Å². The number of ether oxygens (including phenoxy) is 1. The van der Waals surface area contributed by atoms with Crippen molar-refractivity contribution in [1.82, 2.24) is 15.5 Å². The number of methoxy groups -OCH3 is 1. The maximum Gasteiger partial charge on any atom is 0.254 e. The predicted molar refractivity (Wildman–Crippen MR) is 97.9 cm³/mol. The van der Waals surface area contributed by atoms with Crippen molar-refractivity contribution in [1.29, 1.82) is 0 Å². The number of benzene rings is 1. The minimum Gasteiger partial charge on any atom is -0.384 e. The van der Waals surface area contributed by atoms with E-state index >= 15 is 0 Å². The van der Waals surface area contributed by atoms with Gasteiger partial charge in [0.2, 0.25) is 5.91 Å². The van der Waals surface area contributed by atoms with E-state index in [0.717, 1.165) is 31.5 Å². The Hall–Kier alpha value is -1.63. The first kappa shape index (κ1) is 19.7. The molecule has 0 atom stereocenters. The lowest BCUT2D eigenvalue weighted by molar-refractivity contribution is -0.122. The smallest absolute Gasteiger partial charge is 0.254 e. The second kappa shape index (κ2) is 8.65. The normalized spacial score (nSPS) is 18.4. The molecular formula is C18H26ClN3O3. The fourth-order valence-corrected chi connectivity index (χ4v) is 3.59. The molecule has 1 aromatic rings. The van der Waals surface area contributed by atoms with Gasteiger partial charge in [0.05, 0.1) is 6.61 Å². The maximum absolute atomic E-state index is 12.3. The number of nitrogens with zero attached hydrogens (tertiary/aromatic N) is 1. The zero-order valence-corrected chi connectivity index (χ0v) is 15.4. The molecule has 0 spiro atoms. The zero-order chi connectivity index (χ0) is 17.0. The van der Waals surface area contributed by atoms with Crippen LogP contribution in [0.3, 0.4) is 0 Å². The van der Waals surface area contributed by atoms with Gasteiger partial charge in [-0.1, -0.05) is 18.2 Å². The van der Waals surface area contributed by atoms with Crippen LogP contribution in [-0.2, 0) is 16.1 Å². The zero-order valence-electron chi connectivity index (χ0n) is 14.5. The third kappa shape index (κ3) is 4.51. The van der Waals surface area contributed by atoms with Crippen molar-refractivity contribution in [2.24, 2.45) is 5.41 Å². The number of hydrogen-bond acceptors (Lipinski definition) is 4. The summed E-state index contributed by atoms with van der Waals surface area (Å²) in [7, 11) is 1.70. The van der Waals surface area contributed by atoms with Crippen molar-refractivity contribution in [3.8, 4) is 0 Å². The number of fused-ring (bicyclic) bond motifs is 1. The lowest BCUT2D eigenvalue weighted by atomic mass is 9.79. The van der Waals surface area contributed by atoms with Crippen LogP contribution >= 0.6 is 12.4 Å². The van der Waals surface area contributed by atoms with Crippen LogP contribution in [0.2, 0.25) is 0 Å². The lowest BCUT2D eigenvalue weighted by Gasteiger charge is -2.37. The number of carbonyl (C=O) groups is 2. The van der Waals surface area contributed by atoms with E-state index < -0.39 is 0 Å². The fourth-order valence-electron chi connectivity index (χ4n) is 3.59. The molecule has 25 heavy (non-hydrogen) atoms. The number of rotatable bonds is 6. The van der Waals surface area contributed by atoms with Gasteiger partial charge in [-0.15, -0.1) is 12.4 Å². The highest BCUT2D eigenvalue weighted by Crippen LogP contribution is 2.28. The Morgan fingerprint density at radius 3 is 2.72 bits per heavy atom. The van der Waals surface area contributed by atoms with Gasteiger partial charge in [0.15, 0.2) is 0 Å². The Kier molecular flexibility index (Phi) is 6.81. The molecular weight excluding hydrogens is 342 g/mol. The number of carbonyl (C=O) groups excluding carboxylic acids is 2. The number of hydrogen-bond donors (Lipinski definition) is 2. The first-order valence-corrected chi connectivity index (χ1v) is 8.47. The van der Waals surface area contributed by atoms with Gasteiger partial charge >= 0.3 is 0 Å². The van der Waals surface area contributed by atoms with Crippen molar-refractivity contribution >= 4 is 24.2 Å². The minimum absolute atomic E-state index is 0. The van der Waals surface area contributed by atoms with Crippen LogP contribution in [0.1, 0.15) is 28.8 Å². The number of piperidine rings is 1. The van der Waals surface area contributed by atoms with Crippen molar-refractivity contribution in [2.75, 3.05) is 39.9 Å². The third-order valence-corrected chi connectivity index (χ3v) is 5.01. The highest BCUT2D eigenvalue weighted by Gasteiger charge is 2.33. The summed E-state index contributed by atoms with van der Waals surface area (Å²) >= 11 is 0. The molecule has 0 aliphatic carbocycles. The molecule has 2 aliphatic rings. The molecule has 3 rings (SSSR count). The summed E-state index contributed by atoms with van der Waals surface area (Å²) in [5.74, 6) is -0.167. The number of nitrogens with one attached hydrogen (secondary N) is 2. The Bertz CT molecular complexity index is 612. The molecule has 1 fully saturated rings. The van der Waals surface area contributed by atoms with Crippen LogP contribution < -0.4 is 10.6 Å². The SMILES string of the molecule is COCC1(CNC(=O)CN2Cc3ccccc3C2=O)CCNCC1.Cl. The molecule has 2 amide bonds. The monoisotopic (exact) mass is 367 g/mol. The molecule has 2 aliphatic heterocycles. The molecule has 0 bridgehead atoms. The van der Waals surface area contributed by atoms with E-state index in [-0.39, 0.29) is 36.2 Å². The summed E-state index contributed by atoms with van der Waals surface area (Å²) in [4.78, 5) is 26.2. The second-order valence-electron chi connectivity index (χ2n) is 6.78. The molecule has 6 nitrogen and oxygen atoms in total. The van der Waals surface area contributed by atoms with Crippen molar-refractivity contribution in [3.05, 3.63) is 35.4 Å². The van der Waals surface area contributed by atoms with Crippen molar-refractivity contribution in [2.45, 2.75) is 19.4 Å². The summed E-state index contributed by atoms with van der Waals surface area (Å²) in [5, 5.41) is 6.35. The lowest BCUT2D eigenvalue weighted by Crippen LogP contribution is -2.48. The molecule has 7 heteroatoms. The summed E-state index contributed by atoms with van der Waals surface area (Å²) < 4.78 is 5.37. The third-order valence-electron chi connectivity index (χ3n) is 5.01. The predicted octanol–water partition coefficient (Wildman–Crippen LogP) is 1.20. The van der Waals surface area contributed by atoms with Crippen LogP contribution in [-0.4, -0.2) is 56.6 Å². The van der Waals surface area contributed by atoms with E-state index in [2.05, 4.69) is 10.6 Å². The maximum atomic E-state index is 12.3. The molecule has 0 radical (unpaired) electrons. The molecule has 0 unspecified atom stereocenters. The van der Waals surface area contributed by atoms with Gasteiger partial charge in [0.25, 0.3) is 5.91 Å². The molecule has 1 aromatic carbocycles. The first-order chi connectivity index (χ1) is 11.6. The van der Waals surface area contributed by atoms with E-state index in [1.807, 2.05) is 24.3 Å². The van der Waals surface area contributed by atoms with Crippen LogP contribution in [0.5, 0.6) is 0 Å². The quantitative estimate of drug-likeness (QED) is 0.792. The summed E-state index contributed by atoms with van der Waals surface area (Å²) in [6.07, 6.45) is 1.96. The van der Waals surface area contributed by atoms with Gasteiger partial charge in [-0.25, -0.2) is 0 Å². The number of halogens is 1. The largest absolute Gasteiger partial charge is 0.384 e. The standard InChI is InChI=1S/C18H25N3O3.ClH/c1-24-13-18(6-8-19-9-7-18)12-20-16(22)11-21-10-14-4-2-3-5-15(14)17(21)23;/h2-5,19H,6-13H2,1H3,(H,20,22);1H. The van der Waals surface area contributed by atoms with Gasteiger partial charge in [-0.2, -0.15) is 0 Å².